The molecule has 1 N–H and O–H groups in total. The van der Waals surface area contributed by atoms with E-state index in [4.69, 9.17) is 13.9 Å². The molecule has 0 atom stereocenters. The van der Waals surface area contributed by atoms with Gasteiger partial charge in [-0.1, -0.05) is 6.58 Å². The maximum atomic E-state index is 15.3. The summed E-state index contributed by atoms with van der Waals surface area (Å²) in [5, 5.41) is 7.90. The summed E-state index contributed by atoms with van der Waals surface area (Å²) >= 11 is 0. The predicted octanol–water partition coefficient (Wildman–Crippen LogP) is 4.65. The molecule has 0 saturated heterocycles. The highest BCUT2D eigenvalue weighted by atomic mass is 19.1. The molecular weight excluding hydrogens is 470 g/mol. The van der Waals surface area contributed by atoms with Gasteiger partial charge in [-0.05, 0) is 31.1 Å². The lowest BCUT2D eigenvalue weighted by molar-refractivity contribution is -0.111. The van der Waals surface area contributed by atoms with Crippen LogP contribution in [-0.4, -0.2) is 34.9 Å². The number of amides is 1. The van der Waals surface area contributed by atoms with E-state index in [1.165, 1.54) is 26.4 Å². The summed E-state index contributed by atoms with van der Waals surface area (Å²) in [4.78, 5) is 16.2. The van der Waals surface area contributed by atoms with Crippen molar-refractivity contribution in [3.05, 3.63) is 77.6 Å². The number of hydrogen-bond donors (Lipinski definition) is 1. The minimum absolute atomic E-state index is 0.0932. The average molecular weight is 494 g/mol. The normalized spacial score (nSPS) is 14.0. The standard InChI is InChI=1S/C26H24F2N4O4/c1-5-22(33)30-17-13-32(2)31-16(17)10-15-8-14-9-21(36-20(14)12-29-15)26(6-7-26)23-24(27)18(34-3)11-19(35-4)25(23)28/h5,8-9,11-13H,1,6-7,10H2,2-4H3,(H,30,33). The zero-order valence-corrected chi connectivity index (χ0v) is 20.0. The van der Waals surface area contributed by atoms with E-state index >= 15 is 8.78 Å². The largest absolute Gasteiger partial charge is 0.494 e. The number of fused-ring (bicyclic) bond motifs is 1. The lowest BCUT2D eigenvalue weighted by atomic mass is 9.91. The van der Waals surface area contributed by atoms with E-state index in [0.29, 0.717) is 47.7 Å². The van der Waals surface area contributed by atoms with E-state index in [-0.39, 0.29) is 23.0 Å². The fraction of sp³-hybridized carbons (Fsp3) is 0.269. The molecule has 1 aliphatic carbocycles. The Balaban J connectivity index is 1.51. The molecular formula is C26H24F2N4O4. The number of furan rings is 1. The summed E-state index contributed by atoms with van der Waals surface area (Å²) in [5.74, 6) is -1.61. The van der Waals surface area contributed by atoms with Gasteiger partial charge in [0.05, 0.1) is 37.2 Å². The van der Waals surface area contributed by atoms with Crippen LogP contribution in [0, 0.1) is 11.6 Å². The van der Waals surface area contributed by atoms with Crippen molar-refractivity contribution in [3.63, 3.8) is 0 Å². The number of aryl methyl sites for hydroxylation is 1. The van der Waals surface area contributed by atoms with E-state index < -0.39 is 17.0 Å². The molecule has 0 aliphatic heterocycles. The number of nitrogens with one attached hydrogen (secondary N) is 1. The first-order valence-corrected chi connectivity index (χ1v) is 11.2. The maximum Gasteiger partial charge on any atom is 0.247 e. The molecule has 1 aromatic carbocycles. The SMILES string of the molecule is C=CC(=O)Nc1cn(C)nc1Cc1cc2cc(C3(c4c(F)c(OC)cc(OC)c4F)CC3)oc2cn1. The summed E-state index contributed by atoms with van der Waals surface area (Å²) in [7, 11) is 4.40. The van der Waals surface area contributed by atoms with Gasteiger partial charge in [0, 0.05) is 42.4 Å². The molecule has 10 heteroatoms. The number of benzene rings is 1. The van der Waals surface area contributed by atoms with Crippen LogP contribution in [0.1, 0.15) is 35.6 Å². The molecule has 0 radical (unpaired) electrons. The Bertz CT molecular complexity index is 1480. The Morgan fingerprint density at radius 3 is 2.53 bits per heavy atom. The molecule has 0 bridgehead atoms. The van der Waals surface area contributed by atoms with Gasteiger partial charge in [0.2, 0.25) is 5.91 Å². The lowest BCUT2D eigenvalue weighted by Gasteiger charge is -2.18. The molecule has 186 valence electrons. The number of anilines is 1. The monoisotopic (exact) mass is 494 g/mol. The predicted molar refractivity (Wildman–Crippen MR) is 128 cm³/mol. The zero-order valence-electron chi connectivity index (χ0n) is 20.0. The van der Waals surface area contributed by atoms with Crippen LogP contribution in [0.2, 0.25) is 0 Å². The number of methoxy groups -OCH3 is 2. The molecule has 36 heavy (non-hydrogen) atoms. The fourth-order valence-electron chi connectivity index (χ4n) is 4.50. The van der Waals surface area contributed by atoms with Gasteiger partial charge in [-0.2, -0.15) is 5.10 Å². The van der Waals surface area contributed by atoms with Crippen molar-refractivity contribution in [1.82, 2.24) is 14.8 Å². The minimum atomic E-state index is -0.960. The maximum absolute atomic E-state index is 15.3. The summed E-state index contributed by atoms with van der Waals surface area (Å²) in [6.45, 7) is 3.47. The summed E-state index contributed by atoms with van der Waals surface area (Å²) < 4.78 is 48.4. The van der Waals surface area contributed by atoms with E-state index in [9.17, 15) is 4.79 Å². The van der Waals surface area contributed by atoms with Crippen LogP contribution in [0.5, 0.6) is 11.5 Å². The Morgan fingerprint density at radius 1 is 1.22 bits per heavy atom. The number of ether oxygens (including phenoxy) is 2. The van der Waals surface area contributed by atoms with Crippen molar-refractivity contribution in [1.29, 1.82) is 0 Å². The number of hydrogen-bond acceptors (Lipinski definition) is 6. The third kappa shape index (κ3) is 3.88. The van der Waals surface area contributed by atoms with Crippen LogP contribution in [0.15, 0.2) is 47.7 Å². The third-order valence-corrected chi connectivity index (χ3v) is 6.43. The number of carbonyl (C=O) groups is 1. The van der Waals surface area contributed by atoms with Crippen LogP contribution >= 0.6 is 0 Å². The molecule has 1 fully saturated rings. The van der Waals surface area contributed by atoms with Gasteiger partial charge >= 0.3 is 0 Å². The van der Waals surface area contributed by atoms with E-state index in [1.807, 2.05) is 6.07 Å². The van der Waals surface area contributed by atoms with E-state index in [0.717, 1.165) is 5.39 Å². The first kappa shape index (κ1) is 23.5. The highest BCUT2D eigenvalue weighted by Crippen LogP contribution is 2.57. The Hall–Kier alpha value is -4.21. The van der Waals surface area contributed by atoms with Gasteiger partial charge in [0.15, 0.2) is 28.7 Å². The van der Waals surface area contributed by atoms with Crippen molar-refractivity contribution in [2.75, 3.05) is 19.5 Å². The number of aromatic nitrogens is 3. The van der Waals surface area contributed by atoms with Crippen molar-refractivity contribution in [2.24, 2.45) is 7.05 Å². The number of pyridine rings is 1. The molecule has 5 rings (SSSR count). The van der Waals surface area contributed by atoms with Gasteiger partial charge in [-0.15, -0.1) is 0 Å². The molecule has 4 aromatic rings. The van der Waals surface area contributed by atoms with Gasteiger partial charge in [-0.25, -0.2) is 8.78 Å². The Kier molecular flexibility index (Phi) is 5.74. The Labute approximate surface area is 205 Å². The first-order chi connectivity index (χ1) is 17.3. The van der Waals surface area contributed by atoms with Crippen LogP contribution in [0.25, 0.3) is 11.0 Å². The van der Waals surface area contributed by atoms with Gasteiger partial charge in [0.1, 0.15) is 5.76 Å². The minimum Gasteiger partial charge on any atom is -0.494 e. The van der Waals surface area contributed by atoms with Crippen molar-refractivity contribution in [3.8, 4) is 11.5 Å². The second-order valence-electron chi connectivity index (χ2n) is 8.72. The quantitative estimate of drug-likeness (QED) is 0.359. The second kappa shape index (κ2) is 8.78. The van der Waals surface area contributed by atoms with Crippen molar-refractivity contribution < 1.29 is 27.5 Å². The fourth-order valence-corrected chi connectivity index (χ4v) is 4.50. The van der Waals surface area contributed by atoms with Gasteiger partial charge in [0.25, 0.3) is 0 Å². The smallest absolute Gasteiger partial charge is 0.247 e. The molecule has 1 saturated carbocycles. The third-order valence-electron chi connectivity index (χ3n) is 6.43. The summed E-state index contributed by atoms with van der Waals surface area (Å²) in [6, 6.07) is 4.82. The first-order valence-electron chi connectivity index (χ1n) is 11.2. The summed E-state index contributed by atoms with van der Waals surface area (Å²) in [5.41, 5.74) is 1.30. The van der Waals surface area contributed by atoms with Crippen LogP contribution in [0.3, 0.4) is 0 Å². The van der Waals surface area contributed by atoms with Gasteiger partial charge in [-0.3, -0.25) is 14.5 Å². The number of nitrogens with zero attached hydrogens (tertiary/aromatic N) is 3. The zero-order chi connectivity index (χ0) is 25.6. The van der Waals surface area contributed by atoms with Crippen molar-refractivity contribution in [2.45, 2.75) is 24.7 Å². The van der Waals surface area contributed by atoms with Crippen LogP contribution < -0.4 is 14.8 Å². The molecule has 0 spiro atoms. The van der Waals surface area contributed by atoms with E-state index in [2.05, 4.69) is 22.0 Å². The highest BCUT2D eigenvalue weighted by molar-refractivity contribution is 5.99. The molecule has 3 heterocycles. The summed E-state index contributed by atoms with van der Waals surface area (Å²) in [6.07, 6.45) is 5.84. The van der Waals surface area contributed by atoms with Gasteiger partial charge < -0.3 is 19.2 Å². The van der Waals surface area contributed by atoms with Crippen LogP contribution in [0.4, 0.5) is 14.5 Å². The Morgan fingerprint density at radius 2 is 1.92 bits per heavy atom. The molecule has 1 amide bonds. The number of halogens is 2. The number of rotatable bonds is 8. The van der Waals surface area contributed by atoms with E-state index in [1.54, 1.807) is 30.2 Å². The number of carbonyl (C=O) groups excluding carboxylic acids is 1. The second-order valence-corrected chi connectivity index (χ2v) is 8.72. The topological polar surface area (TPSA) is 91.4 Å². The van der Waals surface area contributed by atoms with Crippen LogP contribution in [-0.2, 0) is 23.7 Å². The lowest BCUT2D eigenvalue weighted by Crippen LogP contribution is -2.14. The molecule has 0 unspecified atom stereocenters. The highest BCUT2D eigenvalue weighted by Gasteiger charge is 2.53. The average Bonchev–Trinajstić information content (AvgIpc) is 3.42. The van der Waals surface area contributed by atoms with Crippen molar-refractivity contribution >= 4 is 22.6 Å². The molecule has 8 nitrogen and oxygen atoms in total. The molecule has 1 aliphatic rings. The molecule has 3 aromatic heterocycles.